The fraction of sp³-hybridized carbons (Fsp3) is 1.00. The Kier molecular flexibility index (Phi) is 7.15. The smallest absolute Gasteiger partial charge is 0.00686 e. The molecule has 0 rings (SSSR count). The lowest BCUT2D eigenvalue weighted by atomic mass is 10.1. The first-order valence-electron chi connectivity index (χ1n) is 3.81. The standard InChI is InChI=1S/2C4H11N/c1-4(2,3)5;1-3-4(2)5/h5H2,1-3H3;4H,3,5H2,1-2H3. The van der Waals surface area contributed by atoms with E-state index in [2.05, 4.69) is 6.92 Å². The van der Waals surface area contributed by atoms with E-state index >= 15 is 0 Å². The quantitative estimate of drug-likeness (QED) is 0.589. The lowest BCUT2D eigenvalue weighted by molar-refractivity contribution is 0.580. The third-order valence-electron chi connectivity index (χ3n) is 0.644. The Labute approximate surface area is 65.0 Å². The molecule has 0 aliphatic rings. The molecule has 0 fully saturated rings. The van der Waals surface area contributed by atoms with Gasteiger partial charge in [0.2, 0.25) is 0 Å². The van der Waals surface area contributed by atoms with E-state index < -0.39 is 0 Å². The average molecular weight is 146 g/mol. The Morgan fingerprint density at radius 2 is 1.40 bits per heavy atom. The van der Waals surface area contributed by atoms with Crippen molar-refractivity contribution in [3.8, 4) is 0 Å². The van der Waals surface area contributed by atoms with Gasteiger partial charge in [-0.05, 0) is 34.1 Å². The zero-order valence-corrected chi connectivity index (χ0v) is 7.94. The summed E-state index contributed by atoms with van der Waals surface area (Å²) in [7, 11) is 0. The van der Waals surface area contributed by atoms with Crippen molar-refractivity contribution in [1.82, 2.24) is 0 Å². The molecule has 0 bridgehead atoms. The van der Waals surface area contributed by atoms with Crippen molar-refractivity contribution >= 4 is 0 Å². The second-order valence-corrected chi connectivity index (χ2v) is 3.75. The molecule has 0 saturated carbocycles. The molecule has 2 heteroatoms. The monoisotopic (exact) mass is 146 g/mol. The van der Waals surface area contributed by atoms with Crippen molar-refractivity contribution in [1.29, 1.82) is 0 Å². The van der Waals surface area contributed by atoms with E-state index in [0.29, 0.717) is 6.04 Å². The minimum Gasteiger partial charge on any atom is -0.328 e. The van der Waals surface area contributed by atoms with Crippen molar-refractivity contribution in [3.05, 3.63) is 0 Å². The van der Waals surface area contributed by atoms with E-state index in [-0.39, 0.29) is 5.54 Å². The van der Waals surface area contributed by atoms with E-state index in [9.17, 15) is 0 Å². The zero-order chi connectivity index (χ0) is 8.78. The number of hydrogen-bond acceptors (Lipinski definition) is 2. The van der Waals surface area contributed by atoms with Crippen LogP contribution in [0.15, 0.2) is 0 Å². The van der Waals surface area contributed by atoms with Crippen molar-refractivity contribution in [2.45, 2.75) is 52.6 Å². The topological polar surface area (TPSA) is 52.0 Å². The molecule has 0 heterocycles. The average Bonchev–Trinajstić information content (AvgIpc) is 1.61. The van der Waals surface area contributed by atoms with Gasteiger partial charge in [0.15, 0.2) is 0 Å². The van der Waals surface area contributed by atoms with Crippen LogP contribution in [-0.2, 0) is 0 Å². The molecule has 1 unspecified atom stereocenters. The van der Waals surface area contributed by atoms with Gasteiger partial charge < -0.3 is 11.5 Å². The normalized spacial score (nSPS) is 13.5. The molecule has 1 atom stereocenters. The first kappa shape index (κ1) is 12.6. The van der Waals surface area contributed by atoms with E-state index in [1.54, 1.807) is 0 Å². The molecule has 0 aromatic rings. The van der Waals surface area contributed by atoms with Gasteiger partial charge in [0, 0.05) is 11.6 Å². The summed E-state index contributed by atoms with van der Waals surface area (Å²) in [5.74, 6) is 0. The summed E-state index contributed by atoms with van der Waals surface area (Å²) >= 11 is 0. The second kappa shape index (κ2) is 5.69. The molecule has 0 radical (unpaired) electrons. The van der Waals surface area contributed by atoms with Gasteiger partial charge in [0.25, 0.3) is 0 Å². The van der Waals surface area contributed by atoms with Crippen LogP contribution in [0.3, 0.4) is 0 Å². The minimum atomic E-state index is 0. The molecule has 64 valence electrons. The summed E-state index contributed by atoms with van der Waals surface area (Å²) in [5, 5.41) is 0. The Morgan fingerprint density at radius 1 is 1.30 bits per heavy atom. The van der Waals surface area contributed by atoms with Gasteiger partial charge >= 0.3 is 0 Å². The highest BCUT2D eigenvalue weighted by molar-refractivity contribution is 4.60. The highest BCUT2D eigenvalue weighted by atomic mass is 14.7. The first-order chi connectivity index (χ1) is 4.27. The van der Waals surface area contributed by atoms with Crippen LogP contribution >= 0.6 is 0 Å². The van der Waals surface area contributed by atoms with Gasteiger partial charge in [0.1, 0.15) is 0 Å². The van der Waals surface area contributed by atoms with Crippen LogP contribution in [0.1, 0.15) is 41.0 Å². The number of hydrogen-bond donors (Lipinski definition) is 2. The summed E-state index contributed by atoms with van der Waals surface area (Å²) in [4.78, 5) is 0. The highest BCUT2D eigenvalue weighted by Crippen LogP contribution is 1.88. The van der Waals surface area contributed by atoms with Gasteiger partial charge in [-0.25, -0.2) is 0 Å². The van der Waals surface area contributed by atoms with Crippen molar-refractivity contribution < 1.29 is 0 Å². The fourth-order valence-corrected chi connectivity index (χ4v) is 0. The molecular weight excluding hydrogens is 124 g/mol. The van der Waals surface area contributed by atoms with Crippen LogP contribution < -0.4 is 11.5 Å². The van der Waals surface area contributed by atoms with Crippen molar-refractivity contribution in [2.75, 3.05) is 0 Å². The van der Waals surface area contributed by atoms with Gasteiger partial charge in [-0.1, -0.05) is 6.92 Å². The lowest BCUT2D eigenvalue weighted by Crippen LogP contribution is -2.26. The minimum absolute atomic E-state index is 0. The summed E-state index contributed by atoms with van der Waals surface area (Å²) in [6.45, 7) is 9.97. The van der Waals surface area contributed by atoms with Crippen LogP contribution in [0.4, 0.5) is 0 Å². The van der Waals surface area contributed by atoms with Crippen molar-refractivity contribution in [3.63, 3.8) is 0 Å². The Bertz CT molecular complexity index is 56.1. The summed E-state index contributed by atoms with van der Waals surface area (Å²) in [6.07, 6.45) is 1.08. The van der Waals surface area contributed by atoms with E-state index in [1.807, 2.05) is 27.7 Å². The van der Waals surface area contributed by atoms with Gasteiger partial charge in [-0.2, -0.15) is 0 Å². The van der Waals surface area contributed by atoms with Crippen LogP contribution in [-0.4, -0.2) is 11.6 Å². The molecule has 10 heavy (non-hydrogen) atoms. The zero-order valence-electron chi connectivity index (χ0n) is 7.94. The van der Waals surface area contributed by atoms with E-state index in [4.69, 9.17) is 11.5 Å². The maximum Gasteiger partial charge on any atom is 0.00686 e. The number of rotatable bonds is 1. The Balaban J connectivity index is 0. The summed E-state index contributed by atoms with van der Waals surface area (Å²) in [6, 6.07) is 0.384. The predicted molar refractivity (Wildman–Crippen MR) is 47.9 cm³/mol. The molecule has 0 amide bonds. The second-order valence-electron chi connectivity index (χ2n) is 3.75. The van der Waals surface area contributed by atoms with E-state index in [1.165, 1.54) is 0 Å². The molecule has 4 N–H and O–H groups in total. The maximum absolute atomic E-state index is 5.35. The van der Waals surface area contributed by atoms with Gasteiger partial charge in [0.05, 0.1) is 0 Å². The molecule has 2 nitrogen and oxygen atoms in total. The van der Waals surface area contributed by atoms with Crippen LogP contribution in [0.5, 0.6) is 0 Å². The first-order valence-corrected chi connectivity index (χ1v) is 3.81. The molecule has 0 aliphatic carbocycles. The third kappa shape index (κ3) is 103. The largest absolute Gasteiger partial charge is 0.328 e. The highest BCUT2D eigenvalue weighted by Gasteiger charge is 1.95. The Hall–Kier alpha value is -0.0800. The summed E-state index contributed by atoms with van der Waals surface area (Å²) in [5.41, 5.74) is 10.6. The third-order valence-corrected chi connectivity index (χ3v) is 0.644. The van der Waals surface area contributed by atoms with E-state index in [0.717, 1.165) is 6.42 Å². The maximum atomic E-state index is 5.35. The lowest BCUT2D eigenvalue weighted by Gasteiger charge is -2.06. The van der Waals surface area contributed by atoms with Crippen LogP contribution in [0.2, 0.25) is 0 Å². The SMILES string of the molecule is CC(C)(C)N.CCC(C)N. The molecule has 0 saturated heterocycles. The molecule has 0 aromatic heterocycles. The Morgan fingerprint density at radius 3 is 1.40 bits per heavy atom. The van der Waals surface area contributed by atoms with Crippen LogP contribution in [0, 0.1) is 0 Å². The van der Waals surface area contributed by atoms with Crippen molar-refractivity contribution in [2.24, 2.45) is 11.5 Å². The molecular formula is C8H22N2. The molecule has 0 aromatic carbocycles. The number of nitrogens with two attached hydrogens (primary N) is 2. The van der Waals surface area contributed by atoms with Gasteiger partial charge in [-0.3, -0.25) is 0 Å². The molecule has 0 aliphatic heterocycles. The fourth-order valence-electron chi connectivity index (χ4n) is 0. The summed E-state index contributed by atoms with van der Waals surface area (Å²) < 4.78 is 0. The molecule has 0 spiro atoms. The van der Waals surface area contributed by atoms with Gasteiger partial charge in [-0.15, -0.1) is 0 Å². The predicted octanol–water partition coefficient (Wildman–Crippen LogP) is 1.49. The van der Waals surface area contributed by atoms with Crippen LogP contribution in [0.25, 0.3) is 0 Å².